The zero-order chi connectivity index (χ0) is 13.7. The van der Waals surface area contributed by atoms with Gasteiger partial charge in [-0.15, -0.1) is 0 Å². The highest BCUT2D eigenvalue weighted by molar-refractivity contribution is 9.10. The van der Waals surface area contributed by atoms with Crippen LogP contribution in [0.1, 0.15) is 43.4 Å². The van der Waals surface area contributed by atoms with E-state index in [0.29, 0.717) is 0 Å². The summed E-state index contributed by atoms with van der Waals surface area (Å²) in [5, 5.41) is 3.60. The molecule has 3 heteroatoms. The molecule has 1 unspecified atom stereocenters. The van der Waals surface area contributed by atoms with Crippen molar-refractivity contribution in [2.75, 3.05) is 13.2 Å². The molecular formula is C16H22BrNO. The zero-order valence-corrected chi connectivity index (χ0v) is 13.3. The quantitative estimate of drug-likeness (QED) is 0.861. The minimum absolute atomic E-state index is 0.162. The molecule has 0 amide bonds. The van der Waals surface area contributed by atoms with Crippen LogP contribution in [-0.2, 0) is 4.74 Å². The Morgan fingerprint density at radius 3 is 2.95 bits per heavy atom. The number of hydrogen-bond acceptors (Lipinski definition) is 2. The second-order valence-corrected chi connectivity index (χ2v) is 5.76. The molecule has 0 aliphatic carbocycles. The summed E-state index contributed by atoms with van der Waals surface area (Å²) < 4.78 is 7.04. The third kappa shape index (κ3) is 3.61. The molecule has 0 aromatic heterocycles. The van der Waals surface area contributed by atoms with E-state index in [1.54, 1.807) is 0 Å². The van der Waals surface area contributed by atoms with Crippen molar-refractivity contribution in [3.63, 3.8) is 0 Å². The van der Waals surface area contributed by atoms with Gasteiger partial charge >= 0.3 is 0 Å². The van der Waals surface area contributed by atoms with Crippen LogP contribution < -0.4 is 5.32 Å². The highest BCUT2D eigenvalue weighted by Crippen LogP contribution is 2.32. The summed E-state index contributed by atoms with van der Waals surface area (Å²) in [5.41, 5.74) is 2.53. The first-order valence-electron chi connectivity index (χ1n) is 7.05. The normalized spacial score (nSPS) is 16.7. The molecule has 0 spiro atoms. The SMILES string of the molecule is CCCNC(C1=CCCCO1)c1cccc(C)c1Br. The summed E-state index contributed by atoms with van der Waals surface area (Å²) in [6.07, 6.45) is 5.58. The van der Waals surface area contributed by atoms with Crippen molar-refractivity contribution < 1.29 is 4.74 Å². The van der Waals surface area contributed by atoms with Crippen LogP contribution in [0, 0.1) is 6.92 Å². The standard InChI is InChI=1S/C16H22BrNO/c1-3-10-18-16(14-9-4-5-11-19-14)13-8-6-7-12(2)15(13)17/h6-9,16,18H,3-5,10-11H2,1-2H3. The van der Waals surface area contributed by atoms with Crippen molar-refractivity contribution in [3.8, 4) is 0 Å². The lowest BCUT2D eigenvalue weighted by molar-refractivity contribution is 0.167. The monoisotopic (exact) mass is 323 g/mol. The molecular weight excluding hydrogens is 302 g/mol. The zero-order valence-electron chi connectivity index (χ0n) is 11.7. The van der Waals surface area contributed by atoms with Crippen LogP contribution in [0.15, 0.2) is 34.5 Å². The molecule has 1 atom stereocenters. The first-order chi connectivity index (χ1) is 9.24. The van der Waals surface area contributed by atoms with Gasteiger partial charge in [0.05, 0.1) is 12.6 Å². The van der Waals surface area contributed by atoms with Gasteiger partial charge in [-0.05, 0) is 49.9 Å². The van der Waals surface area contributed by atoms with Crippen molar-refractivity contribution in [3.05, 3.63) is 45.6 Å². The molecule has 0 saturated carbocycles. The average Bonchev–Trinajstić information content (AvgIpc) is 2.45. The molecule has 2 rings (SSSR count). The van der Waals surface area contributed by atoms with E-state index >= 15 is 0 Å². The molecule has 1 aliphatic heterocycles. The molecule has 2 nitrogen and oxygen atoms in total. The van der Waals surface area contributed by atoms with Crippen molar-refractivity contribution >= 4 is 15.9 Å². The maximum Gasteiger partial charge on any atom is 0.113 e. The van der Waals surface area contributed by atoms with Crippen LogP contribution in [0.3, 0.4) is 0 Å². The van der Waals surface area contributed by atoms with Gasteiger partial charge < -0.3 is 10.1 Å². The Morgan fingerprint density at radius 2 is 2.26 bits per heavy atom. The van der Waals surface area contributed by atoms with Gasteiger partial charge in [0.2, 0.25) is 0 Å². The molecule has 1 N–H and O–H groups in total. The minimum atomic E-state index is 0.162. The molecule has 0 saturated heterocycles. The molecule has 0 radical (unpaired) electrons. The number of hydrogen-bond donors (Lipinski definition) is 1. The summed E-state index contributed by atoms with van der Waals surface area (Å²) in [4.78, 5) is 0. The van der Waals surface area contributed by atoms with Gasteiger partial charge in [0.15, 0.2) is 0 Å². The van der Waals surface area contributed by atoms with Gasteiger partial charge in [0, 0.05) is 4.47 Å². The van der Waals surface area contributed by atoms with Crippen molar-refractivity contribution in [1.29, 1.82) is 0 Å². The van der Waals surface area contributed by atoms with E-state index in [-0.39, 0.29) is 6.04 Å². The number of allylic oxidation sites excluding steroid dienone is 1. The van der Waals surface area contributed by atoms with E-state index in [4.69, 9.17) is 4.74 Å². The van der Waals surface area contributed by atoms with Gasteiger partial charge in [-0.3, -0.25) is 0 Å². The van der Waals surface area contributed by atoms with Crippen LogP contribution in [-0.4, -0.2) is 13.2 Å². The lowest BCUT2D eigenvalue weighted by Gasteiger charge is -2.26. The van der Waals surface area contributed by atoms with Crippen molar-refractivity contribution in [1.82, 2.24) is 5.32 Å². The van der Waals surface area contributed by atoms with E-state index < -0.39 is 0 Å². The van der Waals surface area contributed by atoms with Crippen LogP contribution in [0.2, 0.25) is 0 Å². The van der Waals surface area contributed by atoms with E-state index in [1.807, 2.05) is 0 Å². The van der Waals surface area contributed by atoms with Crippen LogP contribution >= 0.6 is 15.9 Å². The number of nitrogens with one attached hydrogen (secondary N) is 1. The topological polar surface area (TPSA) is 21.3 Å². The first-order valence-corrected chi connectivity index (χ1v) is 7.84. The number of ether oxygens (including phenoxy) is 1. The Bertz CT molecular complexity index is 456. The van der Waals surface area contributed by atoms with E-state index in [0.717, 1.165) is 38.2 Å². The fourth-order valence-corrected chi connectivity index (χ4v) is 2.82. The second-order valence-electron chi connectivity index (χ2n) is 4.96. The Kier molecular flexibility index (Phi) is 5.46. The predicted molar refractivity (Wildman–Crippen MR) is 83.2 cm³/mol. The van der Waals surface area contributed by atoms with Crippen LogP contribution in [0.4, 0.5) is 0 Å². The number of aryl methyl sites for hydroxylation is 1. The lowest BCUT2D eigenvalue weighted by Crippen LogP contribution is -2.26. The summed E-state index contributed by atoms with van der Waals surface area (Å²) in [6, 6.07) is 6.57. The number of halogens is 1. The van der Waals surface area contributed by atoms with E-state index in [1.165, 1.54) is 15.6 Å². The summed E-state index contributed by atoms with van der Waals surface area (Å²) >= 11 is 3.72. The molecule has 1 aliphatic rings. The second kappa shape index (κ2) is 7.11. The van der Waals surface area contributed by atoms with Gasteiger partial charge in [-0.1, -0.05) is 41.1 Å². The highest BCUT2D eigenvalue weighted by Gasteiger charge is 2.21. The Morgan fingerprint density at radius 1 is 1.42 bits per heavy atom. The molecule has 1 aromatic rings. The molecule has 0 bridgehead atoms. The fourth-order valence-electron chi connectivity index (χ4n) is 2.32. The molecule has 1 aromatic carbocycles. The van der Waals surface area contributed by atoms with Crippen LogP contribution in [0.25, 0.3) is 0 Å². The van der Waals surface area contributed by atoms with E-state index in [2.05, 4.69) is 59.4 Å². The van der Waals surface area contributed by atoms with Gasteiger partial charge in [0.25, 0.3) is 0 Å². The summed E-state index contributed by atoms with van der Waals surface area (Å²) in [6.45, 7) is 6.14. The van der Waals surface area contributed by atoms with Gasteiger partial charge in [0.1, 0.15) is 5.76 Å². The summed E-state index contributed by atoms with van der Waals surface area (Å²) in [7, 11) is 0. The van der Waals surface area contributed by atoms with E-state index in [9.17, 15) is 0 Å². The van der Waals surface area contributed by atoms with Crippen LogP contribution in [0.5, 0.6) is 0 Å². The summed E-state index contributed by atoms with van der Waals surface area (Å²) in [5.74, 6) is 1.08. The molecule has 104 valence electrons. The Balaban J connectivity index is 2.30. The van der Waals surface area contributed by atoms with Crippen molar-refractivity contribution in [2.24, 2.45) is 0 Å². The highest BCUT2D eigenvalue weighted by atomic mass is 79.9. The minimum Gasteiger partial charge on any atom is -0.496 e. The van der Waals surface area contributed by atoms with Gasteiger partial charge in [-0.2, -0.15) is 0 Å². The largest absolute Gasteiger partial charge is 0.496 e. The number of rotatable bonds is 5. The average molecular weight is 324 g/mol. The Labute approximate surface area is 124 Å². The molecule has 19 heavy (non-hydrogen) atoms. The molecule has 0 fully saturated rings. The van der Waals surface area contributed by atoms with Crippen molar-refractivity contribution in [2.45, 2.75) is 39.2 Å². The first kappa shape index (κ1) is 14.6. The molecule has 1 heterocycles. The Hall–Kier alpha value is -0.800. The fraction of sp³-hybridized carbons (Fsp3) is 0.500. The third-order valence-electron chi connectivity index (χ3n) is 3.38. The predicted octanol–water partition coefficient (Wildman–Crippen LogP) is 4.49. The number of benzene rings is 1. The maximum absolute atomic E-state index is 5.86. The van der Waals surface area contributed by atoms with Gasteiger partial charge in [-0.25, -0.2) is 0 Å². The maximum atomic E-state index is 5.86. The smallest absolute Gasteiger partial charge is 0.113 e. The lowest BCUT2D eigenvalue weighted by atomic mass is 10.0. The third-order valence-corrected chi connectivity index (χ3v) is 4.46.